The van der Waals surface area contributed by atoms with Crippen LogP contribution in [0.5, 0.6) is 0 Å². The summed E-state index contributed by atoms with van der Waals surface area (Å²) in [7, 11) is -3.60. The monoisotopic (exact) mass is 221 g/mol. The Morgan fingerprint density at radius 3 is 2.07 bits per heavy atom. The highest BCUT2D eigenvalue weighted by atomic mass is 32.2. The second kappa shape index (κ2) is 4.02. The smallest absolute Gasteiger partial charge is 0.228 e. The number of hydrogen-bond acceptors (Lipinski definition) is 2. The van der Waals surface area contributed by atoms with E-state index in [0.29, 0.717) is 5.56 Å². The van der Waals surface area contributed by atoms with E-state index in [-0.39, 0.29) is 11.3 Å². The van der Waals surface area contributed by atoms with Crippen molar-refractivity contribution in [2.45, 2.75) is 12.2 Å². The summed E-state index contributed by atoms with van der Waals surface area (Å²) >= 11 is 0. The van der Waals surface area contributed by atoms with Gasteiger partial charge in [-0.15, -0.1) is 0 Å². The van der Waals surface area contributed by atoms with Crippen molar-refractivity contribution in [3.05, 3.63) is 35.4 Å². The molecule has 2 N–H and O–H groups in total. The maximum absolute atomic E-state index is 12.1. The van der Waals surface area contributed by atoms with Gasteiger partial charge in [0.15, 0.2) is 0 Å². The predicted molar refractivity (Wildman–Crippen MR) is 48.2 cm³/mol. The summed E-state index contributed by atoms with van der Waals surface area (Å²) in [5.41, 5.74) is 0.264. The maximum Gasteiger partial charge on any atom is 0.263 e. The minimum absolute atomic E-state index is 0.136. The van der Waals surface area contributed by atoms with Gasteiger partial charge in [-0.3, -0.25) is 0 Å². The molecule has 1 aromatic carbocycles. The van der Waals surface area contributed by atoms with Gasteiger partial charge in [0.05, 0.1) is 5.75 Å². The number of nitrogens with two attached hydrogens (primary N) is 1. The first kappa shape index (κ1) is 11.1. The Morgan fingerprint density at radius 1 is 1.21 bits per heavy atom. The zero-order valence-electron chi connectivity index (χ0n) is 7.15. The van der Waals surface area contributed by atoms with Gasteiger partial charge in [-0.05, 0) is 5.56 Å². The first-order valence-electron chi connectivity index (χ1n) is 3.76. The number of benzene rings is 1. The standard InChI is InChI=1S/C8H9F2NO2S/c9-8(10)7-3-1-6(2-4-7)5-14(11,12)13/h1-4,8H,5H2,(H2,11,12,13). The van der Waals surface area contributed by atoms with Crippen molar-refractivity contribution in [3.8, 4) is 0 Å². The SMILES string of the molecule is NS(=O)(=O)Cc1ccc(C(F)F)cc1. The second-order valence-electron chi connectivity index (χ2n) is 2.85. The van der Waals surface area contributed by atoms with Crippen LogP contribution in [-0.2, 0) is 15.8 Å². The second-order valence-corrected chi connectivity index (χ2v) is 4.46. The van der Waals surface area contributed by atoms with Crippen LogP contribution in [0.25, 0.3) is 0 Å². The lowest BCUT2D eigenvalue weighted by Crippen LogP contribution is -2.14. The lowest BCUT2D eigenvalue weighted by atomic mass is 10.2. The molecule has 0 radical (unpaired) electrons. The van der Waals surface area contributed by atoms with Crippen LogP contribution >= 0.6 is 0 Å². The highest BCUT2D eigenvalue weighted by Gasteiger charge is 2.08. The third-order valence-corrected chi connectivity index (χ3v) is 2.34. The van der Waals surface area contributed by atoms with E-state index < -0.39 is 16.4 Å². The van der Waals surface area contributed by atoms with E-state index in [9.17, 15) is 17.2 Å². The Kier molecular flexibility index (Phi) is 3.17. The molecule has 0 atom stereocenters. The average molecular weight is 221 g/mol. The van der Waals surface area contributed by atoms with Gasteiger partial charge in [0.25, 0.3) is 6.43 Å². The fraction of sp³-hybridized carbons (Fsp3) is 0.250. The van der Waals surface area contributed by atoms with Crippen molar-refractivity contribution in [2.24, 2.45) is 5.14 Å². The largest absolute Gasteiger partial charge is 0.263 e. The van der Waals surface area contributed by atoms with E-state index in [1.807, 2.05) is 0 Å². The molecule has 1 aromatic rings. The summed E-state index contributed by atoms with van der Waals surface area (Å²) in [6, 6.07) is 5.02. The Bertz CT molecular complexity index is 400. The number of hydrogen-bond donors (Lipinski definition) is 1. The summed E-state index contributed by atoms with van der Waals surface area (Å²) < 4.78 is 45.5. The summed E-state index contributed by atoms with van der Waals surface area (Å²) in [6.07, 6.45) is -2.54. The van der Waals surface area contributed by atoms with Gasteiger partial charge in [0.2, 0.25) is 10.0 Å². The van der Waals surface area contributed by atoms with Crippen LogP contribution in [0.3, 0.4) is 0 Å². The van der Waals surface area contributed by atoms with Gasteiger partial charge in [-0.25, -0.2) is 22.3 Å². The van der Waals surface area contributed by atoms with E-state index in [0.717, 1.165) is 0 Å². The molecule has 1 rings (SSSR count). The molecule has 0 heterocycles. The molecule has 0 unspecified atom stereocenters. The fourth-order valence-corrected chi connectivity index (χ4v) is 1.65. The van der Waals surface area contributed by atoms with Crippen LogP contribution in [0.4, 0.5) is 8.78 Å². The lowest BCUT2D eigenvalue weighted by Gasteiger charge is -2.01. The van der Waals surface area contributed by atoms with Crippen LogP contribution in [0.1, 0.15) is 17.6 Å². The molecule has 0 bridgehead atoms. The van der Waals surface area contributed by atoms with Crippen LogP contribution in [0.15, 0.2) is 24.3 Å². The molecule has 0 aliphatic heterocycles. The Balaban J connectivity index is 2.84. The minimum atomic E-state index is -3.60. The number of rotatable bonds is 3. The summed E-state index contributed by atoms with van der Waals surface area (Å²) in [4.78, 5) is 0. The van der Waals surface area contributed by atoms with Crippen molar-refractivity contribution in [1.29, 1.82) is 0 Å². The molecule has 78 valence electrons. The van der Waals surface area contributed by atoms with Gasteiger partial charge in [0.1, 0.15) is 0 Å². The molecular weight excluding hydrogens is 212 g/mol. The quantitative estimate of drug-likeness (QED) is 0.838. The third-order valence-electron chi connectivity index (χ3n) is 1.60. The van der Waals surface area contributed by atoms with Crippen molar-refractivity contribution in [3.63, 3.8) is 0 Å². The topological polar surface area (TPSA) is 60.2 Å². The van der Waals surface area contributed by atoms with E-state index in [2.05, 4.69) is 0 Å². The molecule has 0 aliphatic rings. The summed E-state index contributed by atoms with van der Waals surface area (Å²) in [6.45, 7) is 0. The molecule has 0 fully saturated rings. The number of alkyl halides is 2. The van der Waals surface area contributed by atoms with Gasteiger partial charge >= 0.3 is 0 Å². The van der Waals surface area contributed by atoms with Crippen molar-refractivity contribution in [1.82, 2.24) is 0 Å². The molecule has 0 spiro atoms. The van der Waals surface area contributed by atoms with Crippen LogP contribution in [0, 0.1) is 0 Å². The van der Waals surface area contributed by atoms with Crippen molar-refractivity contribution >= 4 is 10.0 Å². The zero-order chi connectivity index (χ0) is 10.8. The zero-order valence-corrected chi connectivity index (χ0v) is 7.97. The van der Waals surface area contributed by atoms with Gasteiger partial charge < -0.3 is 0 Å². The van der Waals surface area contributed by atoms with E-state index in [1.165, 1.54) is 24.3 Å². The Hall–Kier alpha value is -1.01. The van der Waals surface area contributed by atoms with Crippen molar-refractivity contribution in [2.75, 3.05) is 0 Å². The average Bonchev–Trinajstić information content (AvgIpc) is 2.02. The third kappa shape index (κ3) is 3.39. The minimum Gasteiger partial charge on any atom is -0.228 e. The Morgan fingerprint density at radius 2 is 1.71 bits per heavy atom. The number of primary sulfonamides is 1. The highest BCUT2D eigenvalue weighted by molar-refractivity contribution is 7.88. The molecule has 0 saturated carbocycles. The van der Waals surface area contributed by atoms with Gasteiger partial charge in [0, 0.05) is 5.56 Å². The lowest BCUT2D eigenvalue weighted by molar-refractivity contribution is 0.151. The van der Waals surface area contributed by atoms with Crippen LogP contribution in [0.2, 0.25) is 0 Å². The van der Waals surface area contributed by atoms with Crippen LogP contribution < -0.4 is 5.14 Å². The summed E-state index contributed by atoms with van der Waals surface area (Å²) in [5, 5.41) is 4.79. The van der Waals surface area contributed by atoms with E-state index in [1.54, 1.807) is 0 Å². The number of halogens is 2. The summed E-state index contributed by atoms with van der Waals surface area (Å²) in [5.74, 6) is -0.337. The molecule has 6 heteroatoms. The molecule has 14 heavy (non-hydrogen) atoms. The van der Waals surface area contributed by atoms with E-state index >= 15 is 0 Å². The first-order chi connectivity index (χ1) is 6.38. The van der Waals surface area contributed by atoms with Crippen LogP contribution in [-0.4, -0.2) is 8.42 Å². The number of sulfonamides is 1. The molecule has 0 aliphatic carbocycles. The van der Waals surface area contributed by atoms with E-state index in [4.69, 9.17) is 5.14 Å². The maximum atomic E-state index is 12.1. The first-order valence-corrected chi connectivity index (χ1v) is 5.47. The van der Waals surface area contributed by atoms with Gasteiger partial charge in [-0.2, -0.15) is 0 Å². The molecule has 3 nitrogen and oxygen atoms in total. The van der Waals surface area contributed by atoms with Gasteiger partial charge in [-0.1, -0.05) is 24.3 Å². The molecule has 0 saturated heterocycles. The normalized spacial score (nSPS) is 12.0. The fourth-order valence-electron chi connectivity index (χ4n) is 0.992. The van der Waals surface area contributed by atoms with Crippen molar-refractivity contribution < 1.29 is 17.2 Å². The predicted octanol–water partition coefficient (Wildman–Crippen LogP) is 1.41. The highest BCUT2D eigenvalue weighted by Crippen LogP contribution is 2.18. The molecular formula is C8H9F2NO2S. The molecule has 0 amide bonds. The molecule has 0 aromatic heterocycles. The Labute approximate surface area is 80.6 Å².